The summed E-state index contributed by atoms with van der Waals surface area (Å²) in [4.78, 5) is 25.5. The number of furan rings is 1. The molecule has 2 aromatic rings. The number of hydroxylamine groups is 1. The second-order valence-electron chi connectivity index (χ2n) is 6.12. The quantitative estimate of drug-likeness (QED) is 0.434. The van der Waals surface area contributed by atoms with Crippen LogP contribution in [0.15, 0.2) is 53.4 Å². The zero-order valence-electron chi connectivity index (χ0n) is 14.2. The van der Waals surface area contributed by atoms with E-state index in [2.05, 4.69) is 10.2 Å². The molecule has 0 atom stereocenters. The predicted molar refractivity (Wildman–Crippen MR) is 96.8 cm³/mol. The van der Waals surface area contributed by atoms with Gasteiger partial charge >= 0.3 is 0 Å². The molecule has 3 N–H and O–H groups in total. The summed E-state index contributed by atoms with van der Waals surface area (Å²) in [5, 5.41) is 11.6. The summed E-state index contributed by atoms with van der Waals surface area (Å²) in [6, 6.07) is 9.54. The van der Waals surface area contributed by atoms with Crippen LogP contribution in [0.4, 0.5) is 5.69 Å². The van der Waals surface area contributed by atoms with Crippen molar-refractivity contribution in [2.45, 2.75) is 18.9 Å². The largest absolute Gasteiger partial charge is 0.472 e. The van der Waals surface area contributed by atoms with Crippen LogP contribution in [0, 0.1) is 0 Å². The van der Waals surface area contributed by atoms with Crippen molar-refractivity contribution in [1.29, 1.82) is 0 Å². The standard InChI is InChI=1S/C19H21N3O4/c23-18(21-25)6-5-14-3-1-2-4-17(14)22-10-7-16(8-11-22)20-19(24)15-9-12-26-13-15/h1-6,9,12-13,16,25H,7-8,10-11H2,(H,20,24)(H,21,23)/b6-5+. The molecular weight excluding hydrogens is 334 g/mol. The van der Waals surface area contributed by atoms with Crippen LogP contribution in [0.5, 0.6) is 0 Å². The summed E-state index contributed by atoms with van der Waals surface area (Å²) in [7, 11) is 0. The molecule has 3 rings (SSSR count). The Labute approximate surface area is 151 Å². The number of rotatable bonds is 5. The average molecular weight is 355 g/mol. The molecule has 0 bridgehead atoms. The van der Waals surface area contributed by atoms with E-state index >= 15 is 0 Å². The molecule has 7 nitrogen and oxygen atoms in total. The van der Waals surface area contributed by atoms with E-state index in [-0.39, 0.29) is 11.9 Å². The summed E-state index contributed by atoms with van der Waals surface area (Å²) < 4.78 is 4.94. The lowest BCUT2D eigenvalue weighted by molar-refractivity contribution is -0.124. The molecule has 2 heterocycles. The summed E-state index contributed by atoms with van der Waals surface area (Å²) in [5.41, 5.74) is 4.04. The van der Waals surface area contributed by atoms with E-state index < -0.39 is 5.91 Å². The molecule has 26 heavy (non-hydrogen) atoms. The van der Waals surface area contributed by atoms with Crippen molar-refractivity contribution in [3.8, 4) is 0 Å². The van der Waals surface area contributed by atoms with E-state index in [4.69, 9.17) is 9.62 Å². The topological polar surface area (TPSA) is 94.8 Å². The van der Waals surface area contributed by atoms with Crippen LogP contribution in [0.2, 0.25) is 0 Å². The van der Waals surface area contributed by atoms with E-state index in [9.17, 15) is 9.59 Å². The summed E-state index contributed by atoms with van der Waals surface area (Å²) in [5.74, 6) is -0.684. The highest BCUT2D eigenvalue weighted by molar-refractivity contribution is 5.94. The van der Waals surface area contributed by atoms with Crippen molar-refractivity contribution in [3.63, 3.8) is 0 Å². The molecule has 0 spiro atoms. The first-order valence-electron chi connectivity index (χ1n) is 8.46. The van der Waals surface area contributed by atoms with Crippen LogP contribution in [-0.4, -0.2) is 36.2 Å². The molecular formula is C19H21N3O4. The van der Waals surface area contributed by atoms with Crippen LogP contribution >= 0.6 is 0 Å². The van der Waals surface area contributed by atoms with Gasteiger partial charge in [-0.05, 0) is 36.6 Å². The molecule has 0 radical (unpaired) electrons. The van der Waals surface area contributed by atoms with Crippen LogP contribution in [0.3, 0.4) is 0 Å². The summed E-state index contributed by atoms with van der Waals surface area (Å²) >= 11 is 0. The molecule has 1 fully saturated rings. The maximum Gasteiger partial charge on any atom is 0.267 e. The number of nitrogens with zero attached hydrogens (tertiary/aromatic N) is 1. The Bertz CT molecular complexity index is 778. The first kappa shape index (κ1) is 17.8. The number of amides is 2. The van der Waals surface area contributed by atoms with Gasteiger partial charge in [-0.2, -0.15) is 0 Å². The third-order valence-corrected chi connectivity index (χ3v) is 4.42. The van der Waals surface area contributed by atoms with E-state index in [1.165, 1.54) is 18.6 Å². The van der Waals surface area contributed by atoms with Crippen LogP contribution in [0.1, 0.15) is 28.8 Å². The van der Waals surface area contributed by atoms with Crippen LogP contribution < -0.4 is 15.7 Å². The van der Waals surface area contributed by atoms with Gasteiger partial charge in [0.2, 0.25) is 0 Å². The highest BCUT2D eigenvalue weighted by Crippen LogP contribution is 2.25. The lowest BCUT2D eigenvalue weighted by atomic mass is 10.0. The second kappa shape index (κ2) is 8.35. The Morgan fingerprint density at radius 3 is 2.65 bits per heavy atom. The molecule has 0 saturated carbocycles. The van der Waals surface area contributed by atoms with E-state index in [0.29, 0.717) is 5.56 Å². The number of benzene rings is 1. The zero-order valence-corrected chi connectivity index (χ0v) is 14.2. The van der Waals surface area contributed by atoms with Crippen molar-refractivity contribution in [2.24, 2.45) is 0 Å². The Morgan fingerprint density at radius 2 is 1.96 bits per heavy atom. The maximum absolute atomic E-state index is 12.1. The minimum Gasteiger partial charge on any atom is -0.472 e. The van der Waals surface area contributed by atoms with Gasteiger partial charge in [-0.25, -0.2) is 5.48 Å². The predicted octanol–water partition coefficient (Wildman–Crippen LogP) is 2.20. The Hall–Kier alpha value is -3.06. The van der Waals surface area contributed by atoms with Crippen LogP contribution in [-0.2, 0) is 4.79 Å². The fourth-order valence-corrected chi connectivity index (χ4v) is 3.05. The number of piperidine rings is 1. The SMILES string of the molecule is O=C(/C=C/c1ccccc1N1CCC(NC(=O)c2ccoc2)CC1)NO. The smallest absolute Gasteiger partial charge is 0.267 e. The number of hydrogen-bond acceptors (Lipinski definition) is 5. The highest BCUT2D eigenvalue weighted by Gasteiger charge is 2.22. The third kappa shape index (κ3) is 4.31. The molecule has 1 saturated heterocycles. The molecule has 1 aromatic heterocycles. The van der Waals surface area contributed by atoms with Crippen LogP contribution in [0.25, 0.3) is 6.08 Å². The first-order valence-corrected chi connectivity index (χ1v) is 8.46. The summed E-state index contributed by atoms with van der Waals surface area (Å²) in [6.45, 7) is 1.60. The van der Waals surface area contributed by atoms with Gasteiger partial charge < -0.3 is 14.6 Å². The van der Waals surface area contributed by atoms with Gasteiger partial charge in [-0.3, -0.25) is 14.8 Å². The van der Waals surface area contributed by atoms with E-state index in [0.717, 1.165) is 37.2 Å². The van der Waals surface area contributed by atoms with Gasteiger partial charge in [-0.1, -0.05) is 18.2 Å². The fourth-order valence-electron chi connectivity index (χ4n) is 3.05. The van der Waals surface area contributed by atoms with Gasteiger partial charge in [0.25, 0.3) is 11.8 Å². The minimum absolute atomic E-state index is 0.115. The number of carbonyl (C=O) groups excluding carboxylic acids is 2. The zero-order chi connectivity index (χ0) is 18.4. The van der Waals surface area contributed by atoms with Gasteiger partial charge in [0.1, 0.15) is 6.26 Å². The molecule has 136 valence electrons. The third-order valence-electron chi connectivity index (χ3n) is 4.42. The number of para-hydroxylation sites is 1. The van der Waals surface area contributed by atoms with Crippen molar-refractivity contribution in [2.75, 3.05) is 18.0 Å². The minimum atomic E-state index is -0.569. The molecule has 7 heteroatoms. The van der Waals surface area contributed by atoms with Gasteiger partial charge in [0, 0.05) is 30.9 Å². The molecule has 0 unspecified atom stereocenters. The molecule has 2 amide bonds. The Morgan fingerprint density at radius 1 is 1.19 bits per heavy atom. The number of anilines is 1. The van der Waals surface area contributed by atoms with Crippen molar-refractivity contribution < 1.29 is 19.2 Å². The second-order valence-corrected chi connectivity index (χ2v) is 6.12. The molecule has 1 aromatic carbocycles. The Balaban J connectivity index is 1.60. The first-order chi connectivity index (χ1) is 12.7. The molecule has 0 aliphatic carbocycles. The summed E-state index contributed by atoms with van der Waals surface area (Å²) in [6.07, 6.45) is 7.55. The lowest BCUT2D eigenvalue weighted by Gasteiger charge is -2.34. The number of nitrogens with one attached hydrogen (secondary N) is 2. The van der Waals surface area contributed by atoms with Crippen molar-refractivity contribution in [1.82, 2.24) is 10.8 Å². The monoisotopic (exact) mass is 355 g/mol. The number of hydrogen-bond donors (Lipinski definition) is 3. The highest BCUT2D eigenvalue weighted by atomic mass is 16.5. The fraction of sp³-hybridized carbons (Fsp3) is 0.263. The van der Waals surface area contributed by atoms with Crippen molar-refractivity contribution in [3.05, 3.63) is 60.1 Å². The average Bonchev–Trinajstić information content (AvgIpc) is 3.22. The normalized spacial score (nSPS) is 15.2. The molecule has 1 aliphatic rings. The van der Waals surface area contributed by atoms with E-state index in [1.807, 2.05) is 24.3 Å². The van der Waals surface area contributed by atoms with E-state index in [1.54, 1.807) is 17.6 Å². The maximum atomic E-state index is 12.1. The molecule has 1 aliphatic heterocycles. The van der Waals surface area contributed by atoms with Gasteiger partial charge in [-0.15, -0.1) is 0 Å². The Kier molecular flexibility index (Phi) is 5.70. The number of carbonyl (C=O) groups is 2. The lowest BCUT2D eigenvalue weighted by Crippen LogP contribution is -2.44. The van der Waals surface area contributed by atoms with Gasteiger partial charge in [0.05, 0.1) is 11.8 Å². The van der Waals surface area contributed by atoms with Gasteiger partial charge in [0.15, 0.2) is 0 Å². The van der Waals surface area contributed by atoms with Crippen molar-refractivity contribution >= 4 is 23.6 Å².